The van der Waals surface area contributed by atoms with Crippen molar-refractivity contribution in [3.05, 3.63) is 35.9 Å². The molecule has 156 valence electrons. The number of rotatable bonds is 6. The molecule has 4 N–H and O–H groups in total. The molecule has 2 aliphatic rings. The molecule has 4 amide bonds. The number of amides is 4. The van der Waals surface area contributed by atoms with Crippen molar-refractivity contribution in [2.24, 2.45) is 0 Å². The number of hydrogen-bond acceptors (Lipinski definition) is 4. The van der Waals surface area contributed by atoms with Gasteiger partial charge in [0.1, 0.15) is 12.1 Å². The fraction of sp³-hybridized carbons (Fsp3) is 0.500. The Balaban J connectivity index is 1.47. The summed E-state index contributed by atoms with van der Waals surface area (Å²) >= 11 is 5.16. The third-order valence-electron chi connectivity index (χ3n) is 5.41. The van der Waals surface area contributed by atoms with Crippen molar-refractivity contribution in [2.45, 2.75) is 57.0 Å². The number of carbonyl (C=O) groups excluding carboxylic acids is 3. The topological polar surface area (TPSA) is 103 Å². The first-order chi connectivity index (χ1) is 13.9. The molecule has 1 aromatic rings. The van der Waals surface area contributed by atoms with E-state index in [2.05, 4.69) is 21.5 Å². The highest BCUT2D eigenvalue weighted by Crippen LogP contribution is 2.23. The summed E-state index contributed by atoms with van der Waals surface area (Å²) in [4.78, 5) is 38.2. The summed E-state index contributed by atoms with van der Waals surface area (Å²) in [6.45, 7) is 1.32. The van der Waals surface area contributed by atoms with Crippen molar-refractivity contribution >= 4 is 35.2 Å². The maximum atomic E-state index is 12.8. The molecule has 0 bridgehead atoms. The van der Waals surface area contributed by atoms with Crippen LogP contribution in [0.4, 0.5) is 4.79 Å². The summed E-state index contributed by atoms with van der Waals surface area (Å²) in [5.41, 5.74) is 5.13. The second kappa shape index (κ2) is 9.21. The predicted molar refractivity (Wildman–Crippen MR) is 113 cm³/mol. The second-order valence-corrected chi connectivity index (χ2v) is 8.18. The molecule has 1 saturated heterocycles. The molecule has 1 aliphatic heterocycles. The Bertz CT molecular complexity index is 782. The molecule has 1 atom stereocenters. The minimum absolute atomic E-state index is 0.322. The minimum atomic E-state index is -1.03. The van der Waals surface area contributed by atoms with Crippen molar-refractivity contribution < 1.29 is 14.4 Å². The quantitative estimate of drug-likeness (QED) is 0.317. The van der Waals surface area contributed by atoms with Crippen LogP contribution in [0.15, 0.2) is 30.3 Å². The number of hydrogen-bond donors (Lipinski definition) is 4. The van der Waals surface area contributed by atoms with Crippen LogP contribution in [0, 0.1) is 0 Å². The zero-order valence-electron chi connectivity index (χ0n) is 16.5. The Morgan fingerprint density at radius 2 is 1.90 bits per heavy atom. The van der Waals surface area contributed by atoms with E-state index in [1.165, 1.54) is 12.8 Å². The molecule has 0 unspecified atom stereocenters. The van der Waals surface area contributed by atoms with E-state index in [0.29, 0.717) is 24.0 Å². The first-order valence-electron chi connectivity index (χ1n) is 9.91. The smallest absolute Gasteiger partial charge is 0.325 e. The Labute approximate surface area is 175 Å². The van der Waals surface area contributed by atoms with Crippen LogP contribution in [0.2, 0.25) is 0 Å². The second-order valence-electron chi connectivity index (χ2n) is 7.77. The third-order valence-corrected chi connectivity index (χ3v) is 5.63. The summed E-state index contributed by atoms with van der Waals surface area (Å²) in [6.07, 6.45) is 5.54. The molecule has 1 aliphatic carbocycles. The van der Waals surface area contributed by atoms with Crippen LogP contribution in [-0.2, 0) is 16.0 Å². The van der Waals surface area contributed by atoms with E-state index in [0.717, 1.165) is 23.3 Å². The molecule has 0 aromatic heterocycles. The molecule has 29 heavy (non-hydrogen) atoms. The number of hydrazine groups is 1. The van der Waals surface area contributed by atoms with Gasteiger partial charge in [-0.05, 0) is 50.4 Å². The monoisotopic (exact) mass is 417 g/mol. The van der Waals surface area contributed by atoms with Crippen LogP contribution in [0.5, 0.6) is 0 Å². The summed E-state index contributed by atoms with van der Waals surface area (Å²) < 4.78 is 0. The van der Waals surface area contributed by atoms with E-state index in [1.54, 1.807) is 6.92 Å². The van der Waals surface area contributed by atoms with Crippen LogP contribution >= 0.6 is 12.2 Å². The maximum Gasteiger partial charge on any atom is 0.325 e. The average molecular weight is 418 g/mol. The third kappa shape index (κ3) is 5.44. The highest BCUT2D eigenvalue weighted by molar-refractivity contribution is 7.80. The lowest BCUT2D eigenvalue weighted by atomic mass is 9.93. The number of thiocarbonyl (C=S) groups is 1. The average Bonchev–Trinajstić information content (AvgIpc) is 3.28. The van der Waals surface area contributed by atoms with Gasteiger partial charge in [0.15, 0.2) is 5.11 Å². The first kappa shape index (κ1) is 21.0. The summed E-state index contributed by atoms with van der Waals surface area (Å²) in [5.74, 6) is -0.920. The molecule has 1 saturated carbocycles. The van der Waals surface area contributed by atoms with Gasteiger partial charge in [-0.3, -0.25) is 25.3 Å². The number of urea groups is 1. The number of nitrogens with one attached hydrogen (secondary N) is 4. The Hall–Kier alpha value is -2.68. The SMILES string of the molecule is C[C@@]1(CCc2ccccc2)NC(=O)N(CC(=O)NNC(=S)NC2CCCC2)C1=O. The molecule has 9 heteroatoms. The van der Waals surface area contributed by atoms with E-state index in [-0.39, 0.29) is 6.54 Å². The van der Waals surface area contributed by atoms with Gasteiger partial charge < -0.3 is 10.6 Å². The van der Waals surface area contributed by atoms with Gasteiger partial charge in [-0.2, -0.15) is 0 Å². The number of nitrogens with zero attached hydrogens (tertiary/aromatic N) is 1. The van der Waals surface area contributed by atoms with E-state index in [1.807, 2.05) is 30.3 Å². The highest BCUT2D eigenvalue weighted by atomic mass is 32.1. The van der Waals surface area contributed by atoms with Gasteiger partial charge in [-0.15, -0.1) is 0 Å². The Morgan fingerprint density at radius 3 is 2.59 bits per heavy atom. The lowest BCUT2D eigenvalue weighted by Crippen LogP contribution is -2.52. The summed E-state index contributed by atoms with van der Waals surface area (Å²) in [6, 6.07) is 9.51. The predicted octanol–water partition coefficient (Wildman–Crippen LogP) is 1.37. The largest absolute Gasteiger partial charge is 0.359 e. The zero-order valence-corrected chi connectivity index (χ0v) is 17.3. The van der Waals surface area contributed by atoms with E-state index >= 15 is 0 Å². The van der Waals surface area contributed by atoms with Crippen LogP contribution in [0.25, 0.3) is 0 Å². The van der Waals surface area contributed by atoms with E-state index < -0.39 is 23.4 Å². The van der Waals surface area contributed by atoms with Gasteiger partial charge in [-0.1, -0.05) is 43.2 Å². The molecule has 3 rings (SSSR count). The Morgan fingerprint density at radius 1 is 1.21 bits per heavy atom. The highest BCUT2D eigenvalue weighted by Gasteiger charge is 2.47. The summed E-state index contributed by atoms with van der Waals surface area (Å²) in [7, 11) is 0. The van der Waals surface area contributed by atoms with Gasteiger partial charge in [-0.25, -0.2) is 4.79 Å². The minimum Gasteiger partial charge on any atom is -0.359 e. The van der Waals surface area contributed by atoms with Crippen molar-refractivity contribution in [2.75, 3.05) is 6.54 Å². The Kier molecular flexibility index (Phi) is 6.68. The van der Waals surface area contributed by atoms with Crippen LogP contribution in [0.3, 0.4) is 0 Å². The number of benzene rings is 1. The molecule has 2 fully saturated rings. The number of imide groups is 1. The number of carbonyl (C=O) groups is 3. The summed E-state index contributed by atoms with van der Waals surface area (Å²) in [5, 5.41) is 6.18. The van der Waals surface area contributed by atoms with E-state index in [9.17, 15) is 14.4 Å². The zero-order chi connectivity index (χ0) is 20.9. The van der Waals surface area contributed by atoms with Gasteiger partial charge in [0.05, 0.1) is 0 Å². The van der Waals surface area contributed by atoms with Crippen molar-refractivity contribution in [1.82, 2.24) is 26.4 Å². The van der Waals surface area contributed by atoms with Crippen LogP contribution < -0.4 is 21.5 Å². The van der Waals surface area contributed by atoms with Gasteiger partial charge in [0, 0.05) is 6.04 Å². The molecule has 1 aromatic carbocycles. The van der Waals surface area contributed by atoms with Crippen LogP contribution in [0.1, 0.15) is 44.6 Å². The van der Waals surface area contributed by atoms with Crippen molar-refractivity contribution in [3.8, 4) is 0 Å². The molecular weight excluding hydrogens is 390 g/mol. The molecule has 0 spiro atoms. The lowest BCUT2D eigenvalue weighted by Gasteiger charge is -2.21. The molecule has 0 radical (unpaired) electrons. The maximum absolute atomic E-state index is 12.8. The fourth-order valence-electron chi connectivity index (χ4n) is 3.70. The van der Waals surface area contributed by atoms with Crippen molar-refractivity contribution in [3.63, 3.8) is 0 Å². The normalized spacial score (nSPS) is 21.8. The van der Waals surface area contributed by atoms with Gasteiger partial charge >= 0.3 is 6.03 Å². The van der Waals surface area contributed by atoms with Crippen molar-refractivity contribution in [1.29, 1.82) is 0 Å². The van der Waals surface area contributed by atoms with Crippen LogP contribution in [-0.4, -0.2) is 46.0 Å². The lowest BCUT2D eigenvalue weighted by molar-refractivity contribution is -0.134. The standard InChI is InChI=1S/C20H27N5O3S/c1-20(12-11-14-7-3-2-4-8-14)17(27)25(19(28)22-20)13-16(26)23-24-18(29)21-15-9-5-6-10-15/h2-4,7-8,15H,5-6,9-13H2,1H3,(H,22,28)(H,23,26)(H2,21,24,29)/t20-/m0/s1. The molecule has 1 heterocycles. The van der Waals surface area contributed by atoms with Gasteiger partial charge in [0.25, 0.3) is 11.8 Å². The first-order valence-corrected chi connectivity index (χ1v) is 10.3. The number of aryl methyl sites for hydroxylation is 1. The fourth-order valence-corrected chi connectivity index (χ4v) is 3.92. The molecule has 8 nitrogen and oxygen atoms in total. The van der Waals surface area contributed by atoms with E-state index in [4.69, 9.17) is 12.2 Å². The molecular formula is C20H27N5O3S. The van der Waals surface area contributed by atoms with Gasteiger partial charge in [0.2, 0.25) is 0 Å².